The summed E-state index contributed by atoms with van der Waals surface area (Å²) in [5, 5.41) is 5.45. The van der Waals surface area contributed by atoms with Crippen molar-refractivity contribution in [2.24, 2.45) is 0 Å². The minimum atomic E-state index is -0.251. The van der Waals surface area contributed by atoms with Crippen LogP contribution in [0.15, 0.2) is 48.5 Å². The largest absolute Gasteiger partial charge is 0.483 e. The third-order valence-electron chi connectivity index (χ3n) is 3.89. The normalized spacial score (nSPS) is 11.5. The predicted octanol–water partition coefficient (Wildman–Crippen LogP) is 4.18. The first-order valence-corrected chi connectivity index (χ1v) is 8.38. The Kier molecular flexibility index (Phi) is 6.57. The maximum absolute atomic E-state index is 12.1. The van der Waals surface area contributed by atoms with E-state index < -0.39 is 0 Å². The van der Waals surface area contributed by atoms with Gasteiger partial charge in [0.1, 0.15) is 5.75 Å². The molecule has 0 aromatic heterocycles. The van der Waals surface area contributed by atoms with E-state index in [-0.39, 0.29) is 18.4 Å². The molecule has 2 aromatic rings. The van der Waals surface area contributed by atoms with Gasteiger partial charge in [0.2, 0.25) is 5.91 Å². The lowest BCUT2D eigenvalue weighted by atomic mass is 9.98. The van der Waals surface area contributed by atoms with E-state index in [0.29, 0.717) is 17.3 Å². The molecule has 0 radical (unpaired) electrons. The standard InChI is InChI=1S/C20H24N2O3/c1-4-14(2)18-10-5-6-11-19(18)25-13-20(24)22-17-9-7-8-16(12-17)21-15(3)23/h5-12,14H,4,13H2,1-3H3,(H,21,23)(H,22,24). The van der Waals surface area contributed by atoms with Crippen LogP contribution in [0.25, 0.3) is 0 Å². The highest BCUT2D eigenvalue weighted by Gasteiger charge is 2.11. The van der Waals surface area contributed by atoms with E-state index in [1.54, 1.807) is 24.3 Å². The van der Waals surface area contributed by atoms with E-state index in [1.807, 2.05) is 24.3 Å². The van der Waals surface area contributed by atoms with E-state index >= 15 is 0 Å². The summed E-state index contributed by atoms with van der Waals surface area (Å²) in [4.78, 5) is 23.2. The Morgan fingerprint density at radius 3 is 2.40 bits per heavy atom. The van der Waals surface area contributed by atoms with Gasteiger partial charge in [0.15, 0.2) is 6.61 Å². The fourth-order valence-electron chi connectivity index (χ4n) is 2.46. The number of benzene rings is 2. The number of hydrogen-bond acceptors (Lipinski definition) is 3. The second kappa shape index (κ2) is 8.87. The van der Waals surface area contributed by atoms with E-state index in [1.165, 1.54) is 6.92 Å². The summed E-state index contributed by atoms with van der Waals surface area (Å²) in [5.74, 6) is 0.694. The van der Waals surface area contributed by atoms with Gasteiger partial charge in [0.25, 0.3) is 5.91 Å². The predicted molar refractivity (Wildman–Crippen MR) is 100 cm³/mol. The van der Waals surface area contributed by atoms with Crippen LogP contribution in [-0.2, 0) is 9.59 Å². The number of hydrogen-bond donors (Lipinski definition) is 2. The Balaban J connectivity index is 1.97. The smallest absolute Gasteiger partial charge is 0.262 e. The Bertz CT molecular complexity index is 743. The third kappa shape index (κ3) is 5.64. The molecule has 5 heteroatoms. The fourth-order valence-corrected chi connectivity index (χ4v) is 2.46. The second-order valence-corrected chi connectivity index (χ2v) is 5.95. The van der Waals surface area contributed by atoms with Gasteiger partial charge in [-0.25, -0.2) is 0 Å². The van der Waals surface area contributed by atoms with E-state index in [0.717, 1.165) is 17.7 Å². The van der Waals surface area contributed by atoms with Crippen LogP contribution in [0.1, 0.15) is 38.7 Å². The van der Waals surface area contributed by atoms with Crippen molar-refractivity contribution in [1.82, 2.24) is 0 Å². The zero-order valence-electron chi connectivity index (χ0n) is 14.8. The highest BCUT2D eigenvalue weighted by Crippen LogP contribution is 2.28. The van der Waals surface area contributed by atoms with Crippen molar-refractivity contribution in [2.75, 3.05) is 17.2 Å². The summed E-state index contributed by atoms with van der Waals surface area (Å²) in [5.41, 5.74) is 2.34. The Morgan fingerprint density at radius 1 is 1.04 bits per heavy atom. The molecular weight excluding hydrogens is 316 g/mol. The van der Waals surface area contributed by atoms with Crippen LogP contribution in [0.2, 0.25) is 0 Å². The Morgan fingerprint density at radius 2 is 1.72 bits per heavy atom. The second-order valence-electron chi connectivity index (χ2n) is 5.95. The van der Waals surface area contributed by atoms with Crippen LogP contribution in [0, 0.1) is 0 Å². The molecule has 2 aromatic carbocycles. The summed E-state index contributed by atoms with van der Waals surface area (Å²) < 4.78 is 5.71. The quantitative estimate of drug-likeness (QED) is 0.795. The maximum atomic E-state index is 12.1. The summed E-state index contributed by atoms with van der Waals surface area (Å²) in [6, 6.07) is 14.8. The van der Waals surface area contributed by atoms with E-state index in [2.05, 4.69) is 24.5 Å². The fraction of sp³-hybridized carbons (Fsp3) is 0.300. The highest BCUT2D eigenvalue weighted by molar-refractivity contribution is 5.94. The molecular formula is C20H24N2O3. The highest BCUT2D eigenvalue weighted by atomic mass is 16.5. The van der Waals surface area contributed by atoms with Gasteiger partial charge in [-0.05, 0) is 42.2 Å². The zero-order chi connectivity index (χ0) is 18.2. The third-order valence-corrected chi connectivity index (χ3v) is 3.89. The summed E-state index contributed by atoms with van der Waals surface area (Å²) in [6.45, 7) is 5.62. The molecule has 0 saturated heterocycles. The van der Waals surface area contributed by atoms with Crippen LogP contribution in [0.5, 0.6) is 5.75 Å². The van der Waals surface area contributed by atoms with Gasteiger partial charge >= 0.3 is 0 Å². The average Bonchev–Trinajstić information content (AvgIpc) is 2.59. The molecule has 0 heterocycles. The number of para-hydroxylation sites is 1. The number of amides is 2. The molecule has 2 amide bonds. The Hall–Kier alpha value is -2.82. The molecule has 0 aliphatic heterocycles. The molecule has 25 heavy (non-hydrogen) atoms. The van der Waals surface area contributed by atoms with Gasteiger partial charge in [-0.3, -0.25) is 9.59 Å². The molecule has 1 atom stereocenters. The number of anilines is 2. The Labute approximate surface area is 148 Å². The molecule has 1 unspecified atom stereocenters. The number of ether oxygens (including phenoxy) is 1. The van der Waals surface area contributed by atoms with Crippen LogP contribution in [0.4, 0.5) is 11.4 Å². The summed E-state index contributed by atoms with van der Waals surface area (Å²) in [7, 11) is 0. The van der Waals surface area contributed by atoms with Crippen LogP contribution in [0.3, 0.4) is 0 Å². The molecule has 0 bridgehead atoms. The maximum Gasteiger partial charge on any atom is 0.262 e. The van der Waals surface area contributed by atoms with Crippen molar-refractivity contribution in [1.29, 1.82) is 0 Å². The minimum absolute atomic E-state index is 0.0716. The molecule has 2 N–H and O–H groups in total. The molecule has 2 rings (SSSR count). The van der Waals surface area contributed by atoms with E-state index in [9.17, 15) is 9.59 Å². The lowest BCUT2D eigenvalue weighted by molar-refractivity contribution is -0.118. The molecule has 132 valence electrons. The van der Waals surface area contributed by atoms with Gasteiger partial charge < -0.3 is 15.4 Å². The van der Waals surface area contributed by atoms with Gasteiger partial charge in [-0.15, -0.1) is 0 Å². The topological polar surface area (TPSA) is 67.4 Å². The van der Waals surface area contributed by atoms with Gasteiger partial charge in [-0.2, -0.15) is 0 Å². The number of rotatable bonds is 7. The summed E-state index contributed by atoms with van der Waals surface area (Å²) >= 11 is 0. The van der Waals surface area contributed by atoms with Gasteiger partial charge in [-0.1, -0.05) is 38.1 Å². The van der Waals surface area contributed by atoms with Crippen molar-refractivity contribution in [3.63, 3.8) is 0 Å². The minimum Gasteiger partial charge on any atom is -0.483 e. The van der Waals surface area contributed by atoms with Gasteiger partial charge in [0.05, 0.1) is 0 Å². The van der Waals surface area contributed by atoms with Gasteiger partial charge in [0, 0.05) is 18.3 Å². The molecule has 0 fully saturated rings. The first-order chi connectivity index (χ1) is 12.0. The molecule has 0 saturated carbocycles. The molecule has 5 nitrogen and oxygen atoms in total. The van der Waals surface area contributed by atoms with Crippen molar-refractivity contribution >= 4 is 23.2 Å². The van der Waals surface area contributed by atoms with Crippen molar-refractivity contribution in [3.8, 4) is 5.75 Å². The molecule has 0 aliphatic rings. The number of nitrogens with one attached hydrogen (secondary N) is 2. The monoisotopic (exact) mass is 340 g/mol. The molecule has 0 spiro atoms. The summed E-state index contributed by atoms with van der Waals surface area (Å²) in [6.07, 6.45) is 1.00. The first kappa shape index (κ1) is 18.5. The number of carbonyl (C=O) groups is 2. The number of carbonyl (C=O) groups excluding carboxylic acids is 2. The van der Waals surface area contributed by atoms with Crippen LogP contribution in [-0.4, -0.2) is 18.4 Å². The van der Waals surface area contributed by atoms with Crippen molar-refractivity contribution < 1.29 is 14.3 Å². The first-order valence-electron chi connectivity index (χ1n) is 8.38. The average molecular weight is 340 g/mol. The zero-order valence-corrected chi connectivity index (χ0v) is 14.8. The van der Waals surface area contributed by atoms with Crippen molar-refractivity contribution in [2.45, 2.75) is 33.1 Å². The molecule has 0 aliphatic carbocycles. The lowest BCUT2D eigenvalue weighted by Gasteiger charge is -2.15. The SMILES string of the molecule is CCC(C)c1ccccc1OCC(=O)Nc1cccc(NC(C)=O)c1. The van der Waals surface area contributed by atoms with Crippen molar-refractivity contribution in [3.05, 3.63) is 54.1 Å². The van der Waals surface area contributed by atoms with Crippen LogP contribution < -0.4 is 15.4 Å². The van der Waals surface area contributed by atoms with Crippen LogP contribution >= 0.6 is 0 Å². The lowest BCUT2D eigenvalue weighted by Crippen LogP contribution is -2.20. The van der Waals surface area contributed by atoms with E-state index in [4.69, 9.17) is 4.74 Å².